The molecule has 0 fully saturated rings. The van der Waals surface area contributed by atoms with E-state index in [1.165, 1.54) is 34.4 Å². The van der Waals surface area contributed by atoms with Gasteiger partial charge in [0.05, 0.1) is 10.6 Å². The Bertz CT molecular complexity index is 1390. The molecule has 27 heavy (non-hydrogen) atoms. The van der Waals surface area contributed by atoms with Crippen LogP contribution in [0.2, 0.25) is 0 Å². The Morgan fingerprint density at radius 3 is 2.56 bits per heavy atom. The Morgan fingerprint density at radius 2 is 1.81 bits per heavy atom. The summed E-state index contributed by atoms with van der Waals surface area (Å²) in [5.74, 6) is -0.661. The lowest BCUT2D eigenvalue weighted by Gasteiger charge is -2.17. The van der Waals surface area contributed by atoms with Crippen LogP contribution in [0.15, 0.2) is 44.3 Å². The van der Waals surface area contributed by atoms with Crippen LogP contribution in [0.3, 0.4) is 0 Å². The summed E-state index contributed by atoms with van der Waals surface area (Å²) < 4.78 is 27.6. The third-order valence-electron chi connectivity index (χ3n) is 4.58. The summed E-state index contributed by atoms with van der Waals surface area (Å²) in [6, 6.07) is 6.03. The minimum Gasteiger partial charge on any atom is -0.322 e. The van der Waals surface area contributed by atoms with E-state index in [1.807, 2.05) is 0 Å². The monoisotopic (exact) mass is 386 g/mol. The van der Waals surface area contributed by atoms with Gasteiger partial charge in [-0.05, 0) is 18.2 Å². The normalized spacial score (nSPS) is 17.4. The summed E-state index contributed by atoms with van der Waals surface area (Å²) in [6.45, 7) is 0. The molecule has 0 atom stereocenters. The molecule has 138 valence electrons. The summed E-state index contributed by atoms with van der Waals surface area (Å²) >= 11 is 0. The van der Waals surface area contributed by atoms with Gasteiger partial charge in [-0.1, -0.05) is 12.1 Å². The van der Waals surface area contributed by atoms with E-state index in [2.05, 4.69) is 9.97 Å². The van der Waals surface area contributed by atoms with Crippen LogP contribution < -0.4 is 11.2 Å². The first kappa shape index (κ1) is 17.2. The molecule has 1 aliphatic heterocycles. The lowest BCUT2D eigenvalue weighted by atomic mass is 10.0. The second-order valence-electron chi connectivity index (χ2n) is 6.27. The first-order valence-electron chi connectivity index (χ1n) is 7.93. The predicted molar refractivity (Wildman–Crippen MR) is 97.4 cm³/mol. The summed E-state index contributed by atoms with van der Waals surface area (Å²) in [5, 5.41) is 0. The molecule has 1 N–H and O–H groups in total. The fraction of sp³-hybridized carbons (Fsp3) is 0.176. The summed E-state index contributed by atoms with van der Waals surface area (Å²) in [4.78, 5) is 43.0. The number of nitrogens with zero attached hydrogens (tertiary/aromatic N) is 3. The Kier molecular flexibility index (Phi) is 3.57. The van der Waals surface area contributed by atoms with Crippen molar-refractivity contribution in [2.24, 2.45) is 14.1 Å². The van der Waals surface area contributed by atoms with Crippen LogP contribution in [0.5, 0.6) is 0 Å². The molecule has 0 bridgehead atoms. The number of hydrogen-bond donors (Lipinski definition) is 1. The van der Waals surface area contributed by atoms with Crippen molar-refractivity contribution in [2.75, 3.05) is 5.75 Å². The lowest BCUT2D eigenvalue weighted by Crippen LogP contribution is -2.29. The fourth-order valence-electron chi connectivity index (χ4n) is 3.16. The summed E-state index contributed by atoms with van der Waals surface area (Å²) in [6.07, 6.45) is 1.35. The Labute approximate surface area is 152 Å². The van der Waals surface area contributed by atoms with Crippen LogP contribution in [0.25, 0.3) is 17.2 Å². The summed E-state index contributed by atoms with van der Waals surface area (Å²) in [7, 11) is -0.651. The quantitative estimate of drug-likeness (QED) is 0.588. The van der Waals surface area contributed by atoms with Gasteiger partial charge in [-0.15, -0.1) is 0 Å². The average Bonchev–Trinajstić information content (AvgIpc) is 2.94. The molecule has 3 aromatic rings. The molecule has 0 amide bonds. The van der Waals surface area contributed by atoms with E-state index in [0.29, 0.717) is 0 Å². The first-order chi connectivity index (χ1) is 12.7. The molecule has 1 aromatic carbocycles. The molecule has 10 heteroatoms. The smallest absolute Gasteiger partial charge is 0.322 e. The van der Waals surface area contributed by atoms with Crippen LogP contribution in [0.1, 0.15) is 16.2 Å². The maximum Gasteiger partial charge on any atom is 0.329 e. The molecule has 4 rings (SSSR count). The number of carbonyl (C=O) groups excluding carboxylic acids is 1. The van der Waals surface area contributed by atoms with Crippen molar-refractivity contribution in [1.29, 1.82) is 0 Å². The van der Waals surface area contributed by atoms with E-state index < -0.39 is 32.6 Å². The highest BCUT2D eigenvalue weighted by Crippen LogP contribution is 2.28. The molecule has 0 aliphatic carbocycles. The Morgan fingerprint density at radius 1 is 1.11 bits per heavy atom. The van der Waals surface area contributed by atoms with Gasteiger partial charge in [-0.25, -0.2) is 18.2 Å². The zero-order chi connectivity index (χ0) is 19.5. The van der Waals surface area contributed by atoms with E-state index in [4.69, 9.17) is 0 Å². The van der Waals surface area contributed by atoms with Gasteiger partial charge < -0.3 is 4.57 Å². The minimum absolute atomic E-state index is 0.0102. The molecule has 0 saturated carbocycles. The highest BCUT2D eigenvalue weighted by Gasteiger charge is 2.32. The zero-order valence-electron chi connectivity index (χ0n) is 14.4. The number of rotatable bonds is 1. The number of imidazole rings is 1. The molecule has 2 aromatic heterocycles. The number of fused-ring (bicyclic) bond motifs is 2. The highest BCUT2D eigenvalue weighted by molar-refractivity contribution is 7.91. The van der Waals surface area contributed by atoms with Crippen molar-refractivity contribution in [2.45, 2.75) is 4.90 Å². The van der Waals surface area contributed by atoms with Crippen LogP contribution in [-0.4, -0.2) is 39.1 Å². The molecule has 0 unspecified atom stereocenters. The second kappa shape index (κ2) is 5.61. The molecule has 9 nitrogen and oxygen atoms in total. The molecular weight excluding hydrogens is 372 g/mol. The molecule has 1 aliphatic rings. The predicted octanol–water partition coefficient (Wildman–Crippen LogP) is 0.0139. The number of nitrogens with one attached hydrogen (secondary N) is 1. The number of aromatic amines is 1. The van der Waals surface area contributed by atoms with Gasteiger partial charge in [0.2, 0.25) is 0 Å². The van der Waals surface area contributed by atoms with Gasteiger partial charge in [0.15, 0.2) is 26.8 Å². The van der Waals surface area contributed by atoms with E-state index in [9.17, 15) is 22.8 Å². The number of ketones is 1. The number of benzene rings is 1. The molecular formula is C17H14N4O5S. The second-order valence-corrected chi connectivity index (χ2v) is 8.23. The highest BCUT2D eigenvalue weighted by atomic mass is 32.2. The van der Waals surface area contributed by atoms with Crippen molar-refractivity contribution in [3.05, 3.63) is 62.1 Å². The van der Waals surface area contributed by atoms with E-state index in [-0.39, 0.29) is 33.0 Å². The van der Waals surface area contributed by atoms with Gasteiger partial charge in [-0.2, -0.15) is 0 Å². The van der Waals surface area contributed by atoms with Crippen LogP contribution in [0.4, 0.5) is 0 Å². The van der Waals surface area contributed by atoms with Gasteiger partial charge in [0.1, 0.15) is 5.82 Å². The van der Waals surface area contributed by atoms with Gasteiger partial charge in [-0.3, -0.25) is 19.1 Å². The maximum absolute atomic E-state index is 12.7. The number of H-pyrrole nitrogens is 1. The average molecular weight is 386 g/mol. The van der Waals surface area contributed by atoms with Gasteiger partial charge >= 0.3 is 5.69 Å². The van der Waals surface area contributed by atoms with Crippen LogP contribution in [-0.2, 0) is 23.9 Å². The van der Waals surface area contributed by atoms with Crippen LogP contribution in [0, 0.1) is 0 Å². The largest absolute Gasteiger partial charge is 0.329 e. The number of sulfone groups is 1. The van der Waals surface area contributed by atoms with Crippen molar-refractivity contribution in [3.8, 4) is 0 Å². The van der Waals surface area contributed by atoms with Crippen molar-refractivity contribution in [3.63, 3.8) is 0 Å². The number of carbonyl (C=O) groups is 1. The van der Waals surface area contributed by atoms with Crippen molar-refractivity contribution >= 4 is 32.9 Å². The number of Topliss-reactive ketones (excluding diaryl/α,β-unsaturated/α-hetero) is 1. The summed E-state index contributed by atoms with van der Waals surface area (Å²) in [5.41, 5.74) is -0.775. The van der Waals surface area contributed by atoms with Gasteiger partial charge in [0.25, 0.3) is 5.56 Å². The topological polar surface area (TPSA) is 124 Å². The van der Waals surface area contributed by atoms with E-state index in [0.717, 1.165) is 0 Å². The SMILES string of the molecule is Cn1c(/C=C2\CS(=O)(=O)c3ccccc3C2=O)nc2c1c(=O)[nH]c(=O)n2C. The van der Waals surface area contributed by atoms with Crippen molar-refractivity contribution in [1.82, 2.24) is 19.1 Å². The van der Waals surface area contributed by atoms with Crippen molar-refractivity contribution < 1.29 is 13.2 Å². The zero-order valence-corrected chi connectivity index (χ0v) is 15.2. The first-order valence-corrected chi connectivity index (χ1v) is 9.59. The molecule has 0 saturated heterocycles. The number of hydrogen-bond acceptors (Lipinski definition) is 6. The lowest BCUT2D eigenvalue weighted by molar-refractivity contribution is 0.103. The van der Waals surface area contributed by atoms with Crippen LogP contribution >= 0.6 is 0 Å². The third kappa shape index (κ3) is 2.48. The number of aryl methyl sites for hydroxylation is 2. The number of aromatic nitrogens is 4. The third-order valence-corrected chi connectivity index (χ3v) is 6.29. The maximum atomic E-state index is 12.7. The van der Waals surface area contributed by atoms with E-state index >= 15 is 0 Å². The molecule has 0 radical (unpaired) electrons. The Balaban J connectivity index is 1.96. The minimum atomic E-state index is -3.66. The molecule has 3 heterocycles. The standard InChI is InChI=1S/C17H14N4O5S/c1-20-12(18-15-13(20)16(23)19-17(24)21(15)2)7-9-8-27(25,26)11-6-4-3-5-10(11)14(9)22/h3-7H,8H2,1-2H3,(H,19,23,24)/b9-7+. The Hall–Kier alpha value is -3.27. The van der Waals surface area contributed by atoms with Gasteiger partial charge in [0, 0.05) is 25.2 Å². The fourth-order valence-corrected chi connectivity index (χ4v) is 4.72. The van der Waals surface area contributed by atoms with E-state index in [1.54, 1.807) is 19.2 Å². The molecule has 0 spiro atoms.